The van der Waals surface area contributed by atoms with Gasteiger partial charge in [0.15, 0.2) is 25.2 Å². The third-order valence-corrected chi connectivity index (χ3v) is 18.7. The molecule has 7 fully saturated rings. The molecule has 0 spiro atoms. The maximum Gasteiger partial charge on any atom is 0.397 e. The number of aliphatic hydroxyl groups is 11. The number of carbonyl (C=O) groups is 1. The van der Waals surface area contributed by atoms with Crippen LogP contribution in [0.2, 0.25) is 0 Å². The fourth-order valence-electron chi connectivity index (χ4n) is 14.4. The van der Waals surface area contributed by atoms with Crippen molar-refractivity contribution in [3.8, 4) is 0 Å². The quantitative estimate of drug-likeness (QED) is 0.0616. The highest BCUT2D eigenvalue weighted by Crippen LogP contribution is 2.67. The minimum Gasteiger partial charge on any atom is -0.394 e. The fourth-order valence-corrected chi connectivity index (χ4v) is 14.9. The van der Waals surface area contributed by atoms with Gasteiger partial charge < -0.3 is 94.1 Å². The van der Waals surface area contributed by atoms with E-state index < -0.39 is 175 Å². The van der Waals surface area contributed by atoms with Crippen LogP contribution in [0.5, 0.6) is 0 Å². The summed E-state index contributed by atoms with van der Waals surface area (Å²) in [6, 6.07) is 0. The molecule has 4 aliphatic carbocycles. The van der Waals surface area contributed by atoms with Gasteiger partial charge in [0.2, 0.25) is 0 Å². The Hall–Kier alpha value is -1.48. The lowest BCUT2D eigenvalue weighted by Gasteiger charge is -2.60. The number of ether oxygens (including phenoxy) is 8. The van der Waals surface area contributed by atoms with E-state index in [-0.39, 0.29) is 48.7 Å². The van der Waals surface area contributed by atoms with Crippen LogP contribution in [0.1, 0.15) is 106 Å². The Morgan fingerprint density at radius 3 is 1.97 bits per heavy atom. The van der Waals surface area contributed by atoms with E-state index in [4.69, 9.17) is 42.1 Å². The highest BCUT2D eigenvalue weighted by Gasteiger charge is 2.63. The first-order chi connectivity index (χ1) is 35.0. The SMILES string of the molecule is CC(C)CC(=O)CC(C)(O)C1CCC2C3CC(OC4OC(C)C(O)C(OC5OCC(OC6OC(CO)C(O)C(O)C6O)C(O)C5OC5OC(C)C(O)C(O)C5O)C4O)C4CC(OS(=O)(=O)O)CCC4(C)C3=CCC21C. The predicted molar refractivity (Wildman–Crippen MR) is 254 cm³/mol. The molecule has 0 amide bonds. The van der Waals surface area contributed by atoms with E-state index >= 15 is 0 Å². The lowest BCUT2D eigenvalue weighted by atomic mass is 9.47. The lowest BCUT2D eigenvalue weighted by molar-refractivity contribution is -0.390. The van der Waals surface area contributed by atoms with Crippen LogP contribution < -0.4 is 0 Å². The summed E-state index contributed by atoms with van der Waals surface area (Å²) in [6.07, 6.45) is -27.2. The molecule has 12 N–H and O–H groups in total. The first-order valence-electron chi connectivity index (χ1n) is 26.5. The molecule has 3 saturated carbocycles. The van der Waals surface area contributed by atoms with Gasteiger partial charge >= 0.3 is 10.4 Å². The number of rotatable bonds is 16. The van der Waals surface area contributed by atoms with Gasteiger partial charge in [0, 0.05) is 12.8 Å². The molecule has 28 atom stereocenters. The van der Waals surface area contributed by atoms with E-state index in [1.807, 2.05) is 13.8 Å². The molecular weight excluding hydrogens is 1020 g/mol. The van der Waals surface area contributed by atoms with Crippen LogP contribution in [-0.2, 0) is 57.3 Å². The van der Waals surface area contributed by atoms with Crippen LogP contribution >= 0.6 is 0 Å². The van der Waals surface area contributed by atoms with Crippen molar-refractivity contribution in [3.05, 3.63) is 11.6 Å². The second-order valence-electron chi connectivity index (χ2n) is 23.9. The maximum absolute atomic E-state index is 13.1. The van der Waals surface area contributed by atoms with Gasteiger partial charge in [0.25, 0.3) is 0 Å². The Morgan fingerprint density at radius 1 is 0.733 bits per heavy atom. The minimum atomic E-state index is -4.85. The predicted octanol–water partition coefficient (Wildman–Crippen LogP) is -1.53. The summed E-state index contributed by atoms with van der Waals surface area (Å²) in [5, 5.41) is 121. The standard InChI is InChI=1S/C50H82O24S/c1-20(2)14-23(52)17-50(7,62)32-9-8-26-25-16-29(28-15-24(74-75(63,64)65)10-12-48(28,5)27(25)11-13-49(26,32)6)69-46-41(61)42(34(54)22(4)68-46)72-47-43(73-44-39(59)37(57)33(53)21(3)67-44)36(56)31(19-66-47)71-45-40(60)38(58)35(55)30(18-51)70-45/h11,20-22,24-26,28-47,51,53-62H,8-10,12-19H2,1-7H3,(H,63,64,65). The van der Waals surface area contributed by atoms with Crippen molar-refractivity contribution in [2.75, 3.05) is 13.2 Å². The van der Waals surface area contributed by atoms with Crippen molar-refractivity contribution in [3.63, 3.8) is 0 Å². The van der Waals surface area contributed by atoms with Gasteiger partial charge in [0.1, 0.15) is 85.1 Å². The molecule has 4 aliphatic heterocycles. The second-order valence-corrected chi connectivity index (χ2v) is 24.9. The zero-order valence-electron chi connectivity index (χ0n) is 43.5. The molecule has 8 rings (SSSR count). The average Bonchev–Trinajstić information content (AvgIpc) is 3.70. The number of Topliss-reactive ketones (excluding diaryl/α,β-unsaturated/α-hetero) is 1. The summed E-state index contributed by atoms with van der Waals surface area (Å²) in [5.74, 6) is -0.638. The lowest BCUT2D eigenvalue weighted by Crippen LogP contribution is -2.66. The number of hydrogen-bond acceptors (Lipinski definition) is 23. The van der Waals surface area contributed by atoms with Gasteiger partial charge in [-0.05, 0) is 106 Å². The third-order valence-electron chi connectivity index (χ3n) is 18.2. The Bertz CT molecular complexity index is 2110. The molecule has 0 aromatic rings. The topological polar surface area (TPSA) is 377 Å². The zero-order chi connectivity index (χ0) is 55.0. The van der Waals surface area contributed by atoms with Crippen molar-refractivity contribution < 1.29 is 116 Å². The van der Waals surface area contributed by atoms with Gasteiger partial charge in [0.05, 0.1) is 43.2 Å². The van der Waals surface area contributed by atoms with Gasteiger partial charge in [-0.25, -0.2) is 4.18 Å². The van der Waals surface area contributed by atoms with E-state index in [1.165, 1.54) is 19.4 Å². The second kappa shape index (κ2) is 22.8. The van der Waals surface area contributed by atoms with Crippen molar-refractivity contribution in [2.24, 2.45) is 40.4 Å². The van der Waals surface area contributed by atoms with Crippen molar-refractivity contribution >= 4 is 16.2 Å². The first-order valence-corrected chi connectivity index (χ1v) is 27.9. The van der Waals surface area contributed by atoms with Crippen molar-refractivity contribution in [1.29, 1.82) is 0 Å². The number of aliphatic hydroxyl groups excluding tert-OH is 10. The van der Waals surface area contributed by atoms with E-state index in [9.17, 15) is 73.9 Å². The molecule has 0 aromatic carbocycles. The number of fused-ring (bicyclic) bond motifs is 5. The number of carbonyl (C=O) groups excluding carboxylic acids is 1. The highest BCUT2D eigenvalue weighted by molar-refractivity contribution is 7.80. The molecular formula is C50H82O24S. The summed E-state index contributed by atoms with van der Waals surface area (Å²) in [7, 11) is -4.85. The van der Waals surface area contributed by atoms with Gasteiger partial charge in [-0.2, -0.15) is 8.42 Å². The Balaban J connectivity index is 1.06. The molecule has 25 heteroatoms. The van der Waals surface area contributed by atoms with Crippen molar-refractivity contribution in [1.82, 2.24) is 0 Å². The molecule has 75 heavy (non-hydrogen) atoms. The summed E-state index contributed by atoms with van der Waals surface area (Å²) < 4.78 is 87.6. The molecule has 432 valence electrons. The number of hydrogen-bond donors (Lipinski definition) is 12. The summed E-state index contributed by atoms with van der Waals surface area (Å²) in [5.41, 5.74) is -1.15. The number of ketones is 1. The average molecular weight is 1100 g/mol. The van der Waals surface area contributed by atoms with Gasteiger partial charge in [-0.1, -0.05) is 39.3 Å². The molecule has 4 heterocycles. The van der Waals surface area contributed by atoms with Gasteiger partial charge in [-0.3, -0.25) is 9.35 Å². The maximum atomic E-state index is 13.1. The van der Waals surface area contributed by atoms with E-state index in [0.717, 1.165) is 6.42 Å². The van der Waals surface area contributed by atoms with Gasteiger partial charge in [-0.15, -0.1) is 0 Å². The van der Waals surface area contributed by atoms with E-state index in [1.54, 1.807) is 6.92 Å². The molecule has 4 saturated heterocycles. The molecule has 8 aliphatic rings. The summed E-state index contributed by atoms with van der Waals surface area (Å²) in [4.78, 5) is 13.1. The van der Waals surface area contributed by atoms with Crippen LogP contribution in [0.4, 0.5) is 0 Å². The van der Waals surface area contributed by atoms with E-state index in [2.05, 4.69) is 19.9 Å². The number of allylic oxidation sites excluding steroid dienone is 2. The third kappa shape index (κ3) is 11.8. The van der Waals surface area contributed by atoms with Crippen LogP contribution in [0.15, 0.2) is 11.6 Å². The van der Waals surface area contributed by atoms with Crippen LogP contribution in [-0.4, -0.2) is 223 Å². The van der Waals surface area contributed by atoms with Crippen LogP contribution in [0.3, 0.4) is 0 Å². The smallest absolute Gasteiger partial charge is 0.394 e. The summed E-state index contributed by atoms with van der Waals surface area (Å²) >= 11 is 0. The normalized spacial score (nSPS) is 50.3. The van der Waals surface area contributed by atoms with Crippen molar-refractivity contribution in [2.45, 2.75) is 241 Å². The monoisotopic (exact) mass is 1100 g/mol. The largest absolute Gasteiger partial charge is 0.397 e. The Kier molecular flexibility index (Phi) is 18.1. The molecule has 24 nitrogen and oxygen atoms in total. The van der Waals surface area contributed by atoms with E-state index in [0.29, 0.717) is 32.1 Å². The molecule has 0 bridgehead atoms. The minimum absolute atomic E-state index is 0.00122. The molecule has 28 unspecified atom stereocenters. The zero-order valence-corrected chi connectivity index (χ0v) is 44.4. The molecule has 0 radical (unpaired) electrons. The Labute approximate surface area is 437 Å². The fraction of sp³-hybridized carbons (Fsp3) is 0.940. The highest BCUT2D eigenvalue weighted by atomic mass is 32.3. The Morgan fingerprint density at radius 2 is 1.33 bits per heavy atom. The first kappa shape index (κ1) is 59.6. The molecule has 0 aromatic heterocycles. The van der Waals surface area contributed by atoms with Crippen LogP contribution in [0, 0.1) is 40.4 Å². The summed E-state index contributed by atoms with van der Waals surface area (Å²) in [6.45, 7) is 11.5. The van der Waals surface area contributed by atoms with Crippen LogP contribution in [0.25, 0.3) is 0 Å².